The third kappa shape index (κ3) is 9.12. The van der Waals surface area contributed by atoms with Crippen molar-refractivity contribution in [3.05, 3.63) is 59.7 Å². The van der Waals surface area contributed by atoms with E-state index in [1.165, 1.54) is 13.8 Å². The lowest BCUT2D eigenvalue weighted by molar-refractivity contribution is -0.287. The fourth-order valence-electron chi connectivity index (χ4n) is 5.96. The summed E-state index contributed by atoms with van der Waals surface area (Å²) in [5, 5.41) is 5.07. The molecule has 2 N–H and O–H groups in total. The summed E-state index contributed by atoms with van der Waals surface area (Å²) >= 11 is 0. The van der Waals surface area contributed by atoms with Crippen LogP contribution in [0, 0.1) is 0 Å². The minimum atomic E-state index is -1.49. The Morgan fingerprint density at radius 2 is 1.35 bits per heavy atom. The Bertz CT molecular complexity index is 1520. The minimum Gasteiger partial charge on any atom is -0.467 e. The summed E-state index contributed by atoms with van der Waals surface area (Å²) < 4.78 is 38.6. The second-order valence-corrected chi connectivity index (χ2v) is 11.5. The molecule has 1 saturated heterocycles. The number of ether oxygens (including phenoxy) is 7. The number of esters is 4. The third-order valence-corrected chi connectivity index (χ3v) is 7.96. The summed E-state index contributed by atoms with van der Waals surface area (Å²) in [5.74, 6) is -3.96. The summed E-state index contributed by atoms with van der Waals surface area (Å²) in [5.41, 5.74) is 4.07. The predicted octanol–water partition coefficient (Wildman–Crippen LogP) is 2.13. The number of amides is 2. The van der Waals surface area contributed by atoms with Gasteiger partial charge in [0.2, 0.25) is 5.91 Å². The average molecular weight is 685 g/mol. The molecule has 0 saturated carbocycles. The maximum atomic E-state index is 13.1. The van der Waals surface area contributed by atoms with Crippen molar-refractivity contribution >= 4 is 35.9 Å². The van der Waals surface area contributed by atoms with Crippen molar-refractivity contribution in [3.8, 4) is 11.1 Å². The first-order valence-corrected chi connectivity index (χ1v) is 15.6. The van der Waals surface area contributed by atoms with Gasteiger partial charge in [0.05, 0.1) is 13.2 Å². The third-order valence-electron chi connectivity index (χ3n) is 7.96. The number of carbonyl (C=O) groups is 6. The Kier molecular flexibility index (Phi) is 12.3. The first-order valence-electron chi connectivity index (χ1n) is 15.6. The first kappa shape index (κ1) is 36.8. The Labute approximate surface area is 282 Å². The molecule has 49 heavy (non-hydrogen) atoms. The number of hydrogen-bond acceptors (Lipinski definition) is 13. The highest BCUT2D eigenvalue weighted by Gasteiger charge is 2.52. The number of carbonyl (C=O) groups excluding carboxylic acids is 6. The van der Waals surface area contributed by atoms with Crippen molar-refractivity contribution in [3.63, 3.8) is 0 Å². The van der Waals surface area contributed by atoms with Gasteiger partial charge in [-0.15, -0.1) is 0 Å². The second-order valence-electron chi connectivity index (χ2n) is 11.5. The van der Waals surface area contributed by atoms with Gasteiger partial charge in [0.1, 0.15) is 25.4 Å². The molecule has 2 amide bonds. The smallest absolute Gasteiger partial charge is 0.407 e. The number of nitrogens with one attached hydrogen (secondary N) is 2. The van der Waals surface area contributed by atoms with Gasteiger partial charge in [0.25, 0.3) is 0 Å². The molecule has 2 aromatic carbocycles. The van der Waals surface area contributed by atoms with Gasteiger partial charge in [-0.25, -0.2) is 9.59 Å². The maximum absolute atomic E-state index is 13.1. The zero-order chi connectivity index (χ0) is 35.8. The van der Waals surface area contributed by atoms with E-state index in [4.69, 9.17) is 33.2 Å². The lowest BCUT2D eigenvalue weighted by Gasteiger charge is -2.45. The van der Waals surface area contributed by atoms with E-state index in [1.54, 1.807) is 0 Å². The van der Waals surface area contributed by atoms with Crippen LogP contribution >= 0.6 is 0 Å². The molecule has 2 aromatic rings. The number of fused-ring (bicyclic) bond motifs is 3. The normalized spacial score (nSPS) is 22.3. The van der Waals surface area contributed by atoms with Gasteiger partial charge in [0.15, 0.2) is 24.5 Å². The molecule has 0 spiro atoms. The molecule has 15 nitrogen and oxygen atoms in total. The van der Waals surface area contributed by atoms with Gasteiger partial charge < -0.3 is 43.8 Å². The summed E-state index contributed by atoms with van der Waals surface area (Å²) in [7, 11) is 1.12. The highest BCUT2D eigenvalue weighted by Crippen LogP contribution is 2.44. The van der Waals surface area contributed by atoms with Crippen molar-refractivity contribution < 1.29 is 61.9 Å². The van der Waals surface area contributed by atoms with Crippen molar-refractivity contribution in [2.45, 2.75) is 83.3 Å². The quantitative estimate of drug-likeness (QED) is 0.244. The van der Waals surface area contributed by atoms with Crippen molar-refractivity contribution in [2.75, 3.05) is 20.3 Å². The molecule has 7 atom stereocenters. The van der Waals surface area contributed by atoms with E-state index in [9.17, 15) is 28.8 Å². The molecule has 15 heteroatoms. The molecule has 1 aliphatic heterocycles. The fraction of sp³-hybridized carbons (Fsp3) is 0.471. The van der Waals surface area contributed by atoms with Crippen molar-refractivity contribution in [1.29, 1.82) is 0 Å². The summed E-state index contributed by atoms with van der Waals surface area (Å²) in [4.78, 5) is 74.2. The van der Waals surface area contributed by atoms with Gasteiger partial charge in [-0.3, -0.25) is 19.2 Å². The maximum Gasteiger partial charge on any atom is 0.407 e. The minimum absolute atomic E-state index is 0.0290. The second kappa shape index (κ2) is 16.4. The molecule has 1 heterocycles. The number of benzene rings is 2. The summed E-state index contributed by atoms with van der Waals surface area (Å²) in [6, 6.07) is 12.9. The average Bonchev–Trinajstić information content (AvgIpc) is 3.36. The van der Waals surface area contributed by atoms with Gasteiger partial charge in [-0.1, -0.05) is 48.5 Å². The van der Waals surface area contributed by atoms with E-state index in [-0.39, 0.29) is 12.5 Å². The Balaban J connectivity index is 1.54. The zero-order valence-corrected chi connectivity index (χ0v) is 28.0. The van der Waals surface area contributed by atoms with E-state index in [0.29, 0.717) is 0 Å². The number of alkyl carbamates (subject to hydrolysis) is 1. The van der Waals surface area contributed by atoms with E-state index in [2.05, 4.69) is 10.6 Å². The number of rotatable bonds is 12. The number of methoxy groups -OCH3 is 1. The molecule has 0 bridgehead atoms. The van der Waals surface area contributed by atoms with Crippen LogP contribution in [-0.2, 0) is 57.1 Å². The molecule has 264 valence electrons. The molecule has 0 radical (unpaired) electrons. The standard InChI is InChI=1S/C34H40N2O13/c1-17(46-33-29(35-18(2)37)31(48-21(5)40)30(47-20(4)39)27(49-33)16-44-19(3)38)28(32(41)43-6)36-34(42)45-15-26-24-13-9-7-11-22(24)23-12-8-10-14-25(23)26/h7-14,17,26-31,33H,15-16H2,1-6H3,(H,35,37)(H,36,42)/t17-,27-,28+,29-,30+,31-,33+/m1/s1. The van der Waals surface area contributed by atoms with Crippen LogP contribution in [0.15, 0.2) is 48.5 Å². The van der Waals surface area contributed by atoms with Crippen LogP contribution in [0.2, 0.25) is 0 Å². The fourth-order valence-corrected chi connectivity index (χ4v) is 5.96. The van der Waals surface area contributed by atoms with E-state index < -0.39 is 85.3 Å². The van der Waals surface area contributed by atoms with E-state index >= 15 is 0 Å². The Hall–Kier alpha value is -5.02. The SMILES string of the molecule is COC(=O)[C@@H](NC(=O)OCC1c2ccccc2-c2ccccc21)[C@@H](C)O[C@H]1O[C@H](COC(C)=O)[C@H](OC(C)=O)[C@H](OC(C)=O)[C@H]1NC(C)=O. The van der Waals surface area contributed by atoms with E-state index in [1.807, 2.05) is 48.5 Å². The van der Waals surface area contributed by atoms with Gasteiger partial charge in [0, 0.05) is 33.6 Å². The van der Waals surface area contributed by atoms with Crippen LogP contribution < -0.4 is 10.6 Å². The predicted molar refractivity (Wildman–Crippen MR) is 169 cm³/mol. The zero-order valence-electron chi connectivity index (χ0n) is 28.0. The van der Waals surface area contributed by atoms with Crippen LogP contribution in [0.25, 0.3) is 11.1 Å². The van der Waals surface area contributed by atoms with Crippen LogP contribution in [0.4, 0.5) is 4.79 Å². The molecular formula is C34H40N2O13. The lowest BCUT2D eigenvalue weighted by Crippen LogP contribution is -2.67. The number of hydrogen-bond donors (Lipinski definition) is 2. The topological polar surface area (TPSA) is 191 Å². The Morgan fingerprint density at radius 3 is 1.88 bits per heavy atom. The molecule has 0 aromatic heterocycles. The molecular weight excluding hydrogens is 644 g/mol. The molecule has 2 aliphatic rings. The van der Waals surface area contributed by atoms with Crippen LogP contribution in [0.1, 0.15) is 51.7 Å². The van der Waals surface area contributed by atoms with Crippen molar-refractivity contribution in [1.82, 2.24) is 10.6 Å². The monoisotopic (exact) mass is 684 g/mol. The summed E-state index contributed by atoms with van der Waals surface area (Å²) in [6.07, 6.45) is -7.62. The van der Waals surface area contributed by atoms with Crippen LogP contribution in [-0.4, -0.2) is 99.0 Å². The van der Waals surface area contributed by atoms with Crippen LogP contribution in [0.5, 0.6) is 0 Å². The van der Waals surface area contributed by atoms with Gasteiger partial charge in [-0.05, 0) is 29.2 Å². The Morgan fingerprint density at radius 1 is 0.776 bits per heavy atom. The van der Waals surface area contributed by atoms with Gasteiger partial charge in [-0.2, -0.15) is 0 Å². The van der Waals surface area contributed by atoms with Crippen LogP contribution in [0.3, 0.4) is 0 Å². The molecule has 4 rings (SSSR count). The molecule has 0 unspecified atom stereocenters. The largest absolute Gasteiger partial charge is 0.467 e. The molecule has 1 fully saturated rings. The first-order chi connectivity index (χ1) is 23.3. The van der Waals surface area contributed by atoms with Crippen molar-refractivity contribution in [2.24, 2.45) is 0 Å². The summed E-state index contributed by atoms with van der Waals surface area (Å²) in [6.45, 7) is 5.51. The highest BCUT2D eigenvalue weighted by atomic mass is 16.7. The molecule has 1 aliphatic carbocycles. The van der Waals surface area contributed by atoms with E-state index in [0.717, 1.165) is 50.1 Å². The lowest BCUT2D eigenvalue weighted by atomic mass is 9.95. The highest BCUT2D eigenvalue weighted by molar-refractivity contribution is 5.82. The van der Waals surface area contributed by atoms with Gasteiger partial charge >= 0.3 is 30.0 Å².